The summed E-state index contributed by atoms with van der Waals surface area (Å²) in [5, 5.41) is 8.72. The van der Waals surface area contributed by atoms with Crippen molar-refractivity contribution in [2.24, 2.45) is 0 Å². The van der Waals surface area contributed by atoms with E-state index >= 15 is 0 Å². The van der Waals surface area contributed by atoms with E-state index in [1.165, 1.54) is 0 Å². The summed E-state index contributed by atoms with van der Waals surface area (Å²) in [6.45, 7) is 0. The molecule has 14 heteroatoms. The number of hydrogen-bond acceptors (Lipinski definition) is 5. The average molecular weight is 426 g/mol. The third-order valence-electron chi connectivity index (χ3n) is 3.20. The normalized spacial score (nSPS) is 15.8. The SMILES string of the molecule is CN(C)[P+](N(C)C)(N(C)C)n1nnc2ccccc21.F[P-](F)(F)(F)(F)F. The molecule has 0 bridgehead atoms. The molecule has 0 aliphatic rings. The van der Waals surface area contributed by atoms with Gasteiger partial charge in [0.2, 0.25) is 0 Å². The van der Waals surface area contributed by atoms with E-state index in [2.05, 4.69) is 77.1 Å². The number of aromatic nitrogens is 3. The quantitative estimate of drug-likeness (QED) is 0.507. The molecule has 0 radical (unpaired) electrons. The molecule has 0 saturated carbocycles. The monoisotopic (exact) mass is 426 g/mol. The van der Waals surface area contributed by atoms with Gasteiger partial charge in [0.1, 0.15) is 11.0 Å². The first-order valence-corrected chi connectivity index (χ1v) is 10.8. The van der Waals surface area contributed by atoms with Gasteiger partial charge in [-0.15, -0.1) is 19.1 Å². The van der Waals surface area contributed by atoms with E-state index < -0.39 is 15.7 Å². The van der Waals surface area contributed by atoms with Gasteiger partial charge in [-0.1, -0.05) is 16.6 Å². The minimum absolute atomic E-state index is 0.928. The Bertz CT molecular complexity index is 725. The van der Waals surface area contributed by atoms with Crippen molar-refractivity contribution in [1.82, 2.24) is 28.8 Å². The maximum absolute atomic E-state index is 10.7. The molecular weight excluding hydrogens is 404 g/mol. The summed E-state index contributed by atoms with van der Waals surface area (Å²) >= 11 is 0. The first-order valence-electron chi connectivity index (χ1n) is 7.17. The molecule has 0 amide bonds. The molecule has 2 aromatic rings. The van der Waals surface area contributed by atoms with Crippen LogP contribution in [-0.2, 0) is 0 Å². The average Bonchev–Trinajstić information content (AvgIpc) is 2.79. The van der Waals surface area contributed by atoms with Gasteiger partial charge in [0.15, 0.2) is 0 Å². The summed E-state index contributed by atoms with van der Waals surface area (Å²) in [5.74, 6) is 0. The Kier molecular flexibility index (Phi) is 5.77. The Balaban J connectivity index is 0.000000412. The third kappa shape index (κ3) is 5.99. The van der Waals surface area contributed by atoms with Gasteiger partial charge in [-0.25, -0.2) is 0 Å². The number of fused-ring (bicyclic) bond motifs is 1. The molecule has 26 heavy (non-hydrogen) atoms. The molecule has 6 nitrogen and oxygen atoms in total. The molecule has 0 unspecified atom stereocenters. The Labute approximate surface area is 148 Å². The second kappa shape index (κ2) is 6.53. The van der Waals surface area contributed by atoms with E-state index in [9.17, 15) is 25.2 Å². The molecule has 1 aromatic heterocycles. The fourth-order valence-corrected chi connectivity index (χ4v) is 6.41. The fraction of sp³-hybridized carbons (Fsp3) is 0.500. The van der Waals surface area contributed by atoms with Crippen molar-refractivity contribution in [3.05, 3.63) is 24.3 Å². The zero-order valence-electron chi connectivity index (χ0n) is 15.2. The Hall–Kier alpha value is -1.06. The maximum atomic E-state index is 9.87. The van der Waals surface area contributed by atoms with Crippen molar-refractivity contribution in [3.8, 4) is 0 Å². The topological polar surface area (TPSA) is 40.4 Å². The van der Waals surface area contributed by atoms with Gasteiger partial charge in [0, 0.05) is 42.3 Å². The molecule has 0 atom stereocenters. The molecular formula is C12H22F6N6P2. The third-order valence-corrected chi connectivity index (χ3v) is 7.22. The van der Waals surface area contributed by atoms with Crippen molar-refractivity contribution in [3.63, 3.8) is 0 Å². The van der Waals surface area contributed by atoms with Crippen LogP contribution in [0.15, 0.2) is 24.3 Å². The van der Waals surface area contributed by atoms with Crippen LogP contribution in [0.1, 0.15) is 0 Å². The van der Waals surface area contributed by atoms with Crippen LogP contribution in [0, 0.1) is 0 Å². The molecule has 0 saturated heterocycles. The van der Waals surface area contributed by atoms with Crippen molar-refractivity contribution >= 4 is 26.7 Å². The van der Waals surface area contributed by atoms with Gasteiger partial charge in [-0.3, -0.25) is 0 Å². The summed E-state index contributed by atoms with van der Waals surface area (Å²) in [6, 6.07) is 8.08. The van der Waals surface area contributed by atoms with Crippen molar-refractivity contribution in [2.45, 2.75) is 0 Å². The van der Waals surface area contributed by atoms with Crippen LogP contribution in [0.2, 0.25) is 0 Å². The molecule has 0 aliphatic carbocycles. The van der Waals surface area contributed by atoms with Crippen LogP contribution in [0.4, 0.5) is 25.2 Å². The van der Waals surface area contributed by atoms with E-state index in [4.69, 9.17) is 0 Å². The molecule has 0 aliphatic heterocycles. The van der Waals surface area contributed by atoms with Crippen LogP contribution in [0.3, 0.4) is 0 Å². The van der Waals surface area contributed by atoms with E-state index in [-0.39, 0.29) is 0 Å². The zero-order chi connectivity index (χ0) is 20.6. The van der Waals surface area contributed by atoms with Crippen LogP contribution in [0.5, 0.6) is 0 Å². The summed E-state index contributed by atoms with van der Waals surface area (Å²) in [4.78, 5) is 0. The van der Waals surface area contributed by atoms with Crippen LogP contribution >= 0.6 is 15.7 Å². The number of benzene rings is 1. The first-order chi connectivity index (χ1) is 11.4. The summed E-state index contributed by atoms with van der Waals surface area (Å²) < 4.78 is 67.9. The number of para-hydroxylation sites is 1. The van der Waals surface area contributed by atoms with Gasteiger partial charge < -0.3 is 0 Å². The zero-order valence-corrected chi connectivity index (χ0v) is 16.9. The molecule has 1 heterocycles. The summed E-state index contributed by atoms with van der Waals surface area (Å²) in [5.41, 5.74) is 1.99. The predicted octanol–water partition coefficient (Wildman–Crippen LogP) is 5.02. The van der Waals surface area contributed by atoms with Gasteiger partial charge in [-0.05, 0) is 17.3 Å². The van der Waals surface area contributed by atoms with E-state index in [1.807, 2.05) is 18.2 Å². The number of halogens is 6. The standard InChI is InChI=1S/C12H22N6P.F6P/c1-15(2)19(16(3)4,17(5)6)18-12-10-8-7-9-11(12)13-14-18;1-7(2,3,4,5)6/h7-10H,1-6H3;/q+1;-1. The summed E-state index contributed by atoms with van der Waals surface area (Å²) in [6.07, 6.45) is 0. The molecule has 0 N–H and O–H groups in total. The molecule has 1 aromatic carbocycles. The van der Waals surface area contributed by atoms with E-state index in [0.717, 1.165) is 11.0 Å². The van der Waals surface area contributed by atoms with Crippen molar-refractivity contribution in [1.29, 1.82) is 0 Å². The number of hydrogen-bond donors (Lipinski definition) is 0. The fourth-order valence-electron chi connectivity index (χ4n) is 2.64. The van der Waals surface area contributed by atoms with Gasteiger partial charge in [-0.2, -0.15) is 0 Å². The van der Waals surface area contributed by atoms with Crippen molar-refractivity contribution < 1.29 is 25.2 Å². The summed E-state index contributed by atoms with van der Waals surface area (Å²) in [7, 11) is -0.0513. The first kappa shape index (κ1) is 23.0. The number of rotatable bonds is 4. The second-order valence-corrected chi connectivity index (χ2v) is 11.8. The Morgan fingerprint density at radius 1 is 0.808 bits per heavy atom. The van der Waals surface area contributed by atoms with Gasteiger partial charge in [0.05, 0.1) is 0 Å². The van der Waals surface area contributed by atoms with Crippen LogP contribution in [-0.4, -0.2) is 71.1 Å². The van der Waals surface area contributed by atoms with Crippen LogP contribution < -0.4 is 0 Å². The van der Waals surface area contributed by atoms with E-state index in [1.54, 1.807) is 0 Å². The Morgan fingerprint density at radius 2 is 1.19 bits per heavy atom. The molecule has 0 spiro atoms. The van der Waals surface area contributed by atoms with Gasteiger partial charge >= 0.3 is 40.9 Å². The second-order valence-electron chi connectivity index (χ2n) is 6.00. The van der Waals surface area contributed by atoms with Crippen LogP contribution in [0.25, 0.3) is 11.0 Å². The molecule has 152 valence electrons. The van der Waals surface area contributed by atoms with E-state index in [0.29, 0.717) is 0 Å². The molecule has 0 fully saturated rings. The number of nitrogens with zero attached hydrogens (tertiary/aromatic N) is 6. The Morgan fingerprint density at radius 3 is 1.58 bits per heavy atom. The van der Waals surface area contributed by atoms with Crippen molar-refractivity contribution in [2.75, 3.05) is 42.3 Å². The minimum atomic E-state index is -10.7. The molecule has 2 rings (SSSR count). The van der Waals surface area contributed by atoms with Gasteiger partial charge in [0.25, 0.3) is 0 Å². The predicted molar refractivity (Wildman–Crippen MR) is 94.5 cm³/mol.